The summed E-state index contributed by atoms with van der Waals surface area (Å²) in [6.07, 6.45) is 4.85. The third kappa shape index (κ3) is 6.96. The first-order valence-corrected chi connectivity index (χ1v) is 14.2. The minimum Gasteiger partial charge on any atom is -0.351 e. The fraction of sp³-hybridized carbons (Fsp3) is 0.400. The molecule has 2 heterocycles. The van der Waals surface area contributed by atoms with E-state index in [1.54, 1.807) is 42.5 Å². The van der Waals surface area contributed by atoms with Crippen LogP contribution in [0.25, 0.3) is 0 Å². The molecule has 2 unspecified atom stereocenters. The quantitative estimate of drug-likeness (QED) is 0.326. The number of allylic oxidation sites excluding steroid dienone is 3. The molecule has 0 spiro atoms. The molecule has 11 heteroatoms. The van der Waals surface area contributed by atoms with Gasteiger partial charge in [-0.3, -0.25) is 24.2 Å². The van der Waals surface area contributed by atoms with Crippen molar-refractivity contribution in [3.8, 4) is 0 Å². The smallest absolute Gasteiger partial charge is 0.252 e. The Bertz CT molecular complexity index is 1390. The Morgan fingerprint density at radius 1 is 1.22 bits per heavy atom. The summed E-state index contributed by atoms with van der Waals surface area (Å²) in [5, 5.41) is 3.28. The van der Waals surface area contributed by atoms with Crippen LogP contribution in [0.1, 0.15) is 64.5 Å². The number of anilines is 1. The molecule has 2 aromatic rings. The summed E-state index contributed by atoms with van der Waals surface area (Å²) in [7, 11) is 0. The summed E-state index contributed by atoms with van der Waals surface area (Å²) in [4.78, 5) is 48.5. The van der Waals surface area contributed by atoms with Gasteiger partial charge in [-0.25, -0.2) is 13.8 Å². The van der Waals surface area contributed by atoms with Crippen LogP contribution in [0.15, 0.2) is 66.0 Å². The van der Waals surface area contributed by atoms with E-state index >= 15 is 0 Å². The minimum atomic E-state index is -2.85. The molecule has 1 aromatic heterocycles. The van der Waals surface area contributed by atoms with E-state index in [0.29, 0.717) is 22.7 Å². The standard InChI is InChI=1S/C30H32Cl2F2N4O3/c1-4-7-21(14-18(2)3)37(29(41)24-10-11-26(39)38(24)25-15-19(31)12-13-35-25)27(22-8-5-6-9-23(22)32)28(40)36-20-16-30(33,34)17-20/h5-9,12-15,20,24,27H,4,10-11,16-17H2,1-3H3,(H,36,40). The minimum absolute atomic E-state index is 0.0913. The Balaban J connectivity index is 1.85. The number of rotatable bonds is 9. The van der Waals surface area contributed by atoms with Crippen LogP contribution in [0.3, 0.4) is 0 Å². The van der Waals surface area contributed by atoms with Gasteiger partial charge in [-0.1, -0.05) is 60.0 Å². The van der Waals surface area contributed by atoms with Gasteiger partial charge in [0, 0.05) is 52.8 Å². The van der Waals surface area contributed by atoms with Crippen LogP contribution in [0, 0.1) is 0 Å². The number of nitrogens with one attached hydrogen (secondary N) is 1. The van der Waals surface area contributed by atoms with Crippen LogP contribution < -0.4 is 10.2 Å². The van der Waals surface area contributed by atoms with Crippen LogP contribution in [0.4, 0.5) is 14.6 Å². The number of carbonyl (C=O) groups excluding carboxylic acids is 3. The summed E-state index contributed by atoms with van der Waals surface area (Å²) >= 11 is 12.8. The fourth-order valence-electron chi connectivity index (χ4n) is 5.16. The Labute approximate surface area is 248 Å². The fourth-order valence-corrected chi connectivity index (χ4v) is 5.56. The van der Waals surface area contributed by atoms with Gasteiger partial charge >= 0.3 is 0 Å². The molecule has 7 nitrogen and oxygen atoms in total. The zero-order chi connectivity index (χ0) is 29.9. The van der Waals surface area contributed by atoms with E-state index in [1.807, 2.05) is 20.8 Å². The predicted octanol–water partition coefficient (Wildman–Crippen LogP) is 6.63. The lowest BCUT2D eigenvalue weighted by atomic mass is 9.87. The molecule has 0 bridgehead atoms. The molecule has 218 valence electrons. The maximum atomic E-state index is 14.6. The second-order valence-electron chi connectivity index (χ2n) is 10.5. The van der Waals surface area contributed by atoms with Gasteiger partial charge in [0.2, 0.25) is 11.8 Å². The van der Waals surface area contributed by atoms with Crippen molar-refractivity contribution in [1.29, 1.82) is 0 Å². The predicted molar refractivity (Wildman–Crippen MR) is 155 cm³/mol. The van der Waals surface area contributed by atoms with Gasteiger partial charge < -0.3 is 5.32 Å². The van der Waals surface area contributed by atoms with Crippen LogP contribution in [0.2, 0.25) is 10.0 Å². The molecule has 1 N–H and O–H groups in total. The van der Waals surface area contributed by atoms with E-state index < -0.39 is 48.7 Å². The van der Waals surface area contributed by atoms with Gasteiger partial charge in [0.15, 0.2) is 0 Å². The summed E-state index contributed by atoms with van der Waals surface area (Å²) < 4.78 is 27.3. The first kappa shape index (κ1) is 30.7. The van der Waals surface area contributed by atoms with E-state index in [4.69, 9.17) is 23.2 Å². The Morgan fingerprint density at radius 2 is 1.93 bits per heavy atom. The highest BCUT2D eigenvalue weighted by Gasteiger charge is 2.48. The lowest BCUT2D eigenvalue weighted by Crippen LogP contribution is -2.55. The molecule has 1 saturated heterocycles. The van der Waals surface area contributed by atoms with Crippen LogP contribution in [-0.4, -0.2) is 45.6 Å². The second-order valence-corrected chi connectivity index (χ2v) is 11.4. The third-order valence-electron chi connectivity index (χ3n) is 6.96. The lowest BCUT2D eigenvalue weighted by Gasteiger charge is -2.39. The maximum absolute atomic E-state index is 14.6. The number of hydrogen-bond donors (Lipinski definition) is 1. The van der Waals surface area contributed by atoms with Gasteiger partial charge in [-0.2, -0.15) is 0 Å². The molecule has 2 atom stereocenters. The third-order valence-corrected chi connectivity index (χ3v) is 7.54. The first-order chi connectivity index (χ1) is 19.4. The number of amides is 3. The topological polar surface area (TPSA) is 82.6 Å². The maximum Gasteiger partial charge on any atom is 0.252 e. The highest BCUT2D eigenvalue weighted by atomic mass is 35.5. The van der Waals surface area contributed by atoms with Crippen molar-refractivity contribution in [2.75, 3.05) is 4.90 Å². The molecule has 2 aliphatic rings. The number of nitrogens with zero attached hydrogens (tertiary/aromatic N) is 3. The van der Waals surface area contributed by atoms with E-state index in [2.05, 4.69) is 10.3 Å². The normalized spacial score (nSPS) is 19.4. The Kier molecular flexibility index (Phi) is 9.49. The molecule has 1 saturated carbocycles. The van der Waals surface area contributed by atoms with Crippen LogP contribution >= 0.6 is 23.2 Å². The van der Waals surface area contributed by atoms with Crippen molar-refractivity contribution in [3.63, 3.8) is 0 Å². The van der Waals surface area contributed by atoms with Crippen LogP contribution in [-0.2, 0) is 14.4 Å². The van der Waals surface area contributed by atoms with Crippen molar-refractivity contribution < 1.29 is 23.2 Å². The lowest BCUT2D eigenvalue weighted by molar-refractivity contribution is -0.142. The SMILES string of the molecule is CCC=C(C=C(C)C)N(C(=O)C1CCC(=O)N1c1cc(Cl)ccn1)C(C(=O)NC1CC(F)(F)C1)c1ccccc1Cl. The zero-order valence-corrected chi connectivity index (χ0v) is 24.6. The van der Waals surface area contributed by atoms with Crippen LogP contribution in [0.5, 0.6) is 0 Å². The van der Waals surface area contributed by atoms with E-state index in [-0.39, 0.29) is 29.6 Å². The number of aromatic nitrogens is 1. The summed E-state index contributed by atoms with van der Waals surface area (Å²) in [5.41, 5.74) is 1.61. The molecule has 1 aliphatic heterocycles. The molecule has 4 rings (SSSR count). The van der Waals surface area contributed by atoms with Gasteiger partial charge in [0.1, 0.15) is 17.9 Å². The molecule has 41 heavy (non-hydrogen) atoms. The summed E-state index contributed by atoms with van der Waals surface area (Å²) in [6.45, 7) is 5.60. The highest BCUT2D eigenvalue weighted by molar-refractivity contribution is 6.31. The number of pyridine rings is 1. The number of hydrogen-bond acceptors (Lipinski definition) is 4. The van der Waals surface area contributed by atoms with Gasteiger partial charge in [-0.15, -0.1) is 0 Å². The average molecular weight is 606 g/mol. The summed E-state index contributed by atoms with van der Waals surface area (Å²) in [6, 6.07) is 6.63. The molecule has 1 aromatic carbocycles. The van der Waals surface area contributed by atoms with Gasteiger partial charge in [0.25, 0.3) is 11.8 Å². The average Bonchev–Trinajstić information content (AvgIpc) is 3.27. The molecular weight excluding hydrogens is 573 g/mol. The molecule has 0 radical (unpaired) electrons. The number of benzene rings is 1. The number of halogens is 4. The zero-order valence-electron chi connectivity index (χ0n) is 23.0. The van der Waals surface area contributed by atoms with Crippen molar-refractivity contribution in [1.82, 2.24) is 15.2 Å². The number of alkyl halides is 2. The van der Waals surface area contributed by atoms with Crippen molar-refractivity contribution in [3.05, 3.63) is 81.6 Å². The van der Waals surface area contributed by atoms with Gasteiger partial charge in [0.05, 0.1) is 0 Å². The second kappa shape index (κ2) is 12.7. The largest absolute Gasteiger partial charge is 0.351 e. The van der Waals surface area contributed by atoms with Crippen molar-refractivity contribution >= 4 is 46.7 Å². The van der Waals surface area contributed by atoms with E-state index in [1.165, 1.54) is 22.1 Å². The number of carbonyl (C=O) groups is 3. The van der Waals surface area contributed by atoms with E-state index in [9.17, 15) is 23.2 Å². The molecule has 2 fully saturated rings. The Morgan fingerprint density at radius 3 is 2.54 bits per heavy atom. The Hall–Kier alpha value is -3.30. The van der Waals surface area contributed by atoms with Crippen molar-refractivity contribution in [2.45, 2.75) is 76.9 Å². The van der Waals surface area contributed by atoms with Gasteiger partial charge in [-0.05, 0) is 51.0 Å². The van der Waals surface area contributed by atoms with E-state index in [0.717, 1.165) is 5.57 Å². The first-order valence-electron chi connectivity index (χ1n) is 13.5. The monoisotopic (exact) mass is 604 g/mol. The summed E-state index contributed by atoms with van der Waals surface area (Å²) in [5.74, 6) is -4.12. The van der Waals surface area contributed by atoms with Crippen molar-refractivity contribution in [2.24, 2.45) is 0 Å². The molecular formula is C30H32Cl2F2N4O3. The molecule has 1 aliphatic carbocycles. The highest BCUT2D eigenvalue weighted by Crippen LogP contribution is 2.39. The molecule has 3 amide bonds.